The molecule has 0 fully saturated rings. The molecule has 2 nitrogen and oxygen atoms in total. The summed E-state index contributed by atoms with van der Waals surface area (Å²) in [7, 11) is 0. The molecular formula is C22H44N2. The van der Waals surface area contributed by atoms with Crippen LogP contribution < -0.4 is 5.32 Å². The molecule has 0 spiro atoms. The first kappa shape index (κ1) is 23.2. The van der Waals surface area contributed by atoms with Gasteiger partial charge >= 0.3 is 0 Å². The van der Waals surface area contributed by atoms with E-state index < -0.39 is 0 Å². The van der Waals surface area contributed by atoms with E-state index in [-0.39, 0.29) is 0 Å². The van der Waals surface area contributed by atoms with Crippen LogP contribution >= 0.6 is 0 Å². The van der Waals surface area contributed by atoms with Gasteiger partial charge in [-0.2, -0.15) is 0 Å². The number of hydrogen-bond acceptors (Lipinski definition) is 2. The number of nitrogens with zero attached hydrogens (tertiary/aromatic N) is 1. The lowest BCUT2D eigenvalue weighted by atomic mass is 9.95. The third-order valence-electron chi connectivity index (χ3n) is 5.11. The van der Waals surface area contributed by atoms with Crippen LogP contribution in [0.5, 0.6) is 0 Å². The summed E-state index contributed by atoms with van der Waals surface area (Å²) in [6.07, 6.45) is 12.5. The van der Waals surface area contributed by atoms with Crippen LogP contribution in [0.2, 0.25) is 0 Å². The van der Waals surface area contributed by atoms with Crippen molar-refractivity contribution < 1.29 is 0 Å². The second-order valence-electron chi connectivity index (χ2n) is 7.22. The Morgan fingerprint density at radius 2 is 1.46 bits per heavy atom. The van der Waals surface area contributed by atoms with Crippen LogP contribution in [0, 0.1) is 11.8 Å². The summed E-state index contributed by atoms with van der Waals surface area (Å²) in [5, 5.41) is 3.42. The van der Waals surface area contributed by atoms with Crippen molar-refractivity contribution in [2.24, 2.45) is 11.8 Å². The van der Waals surface area contributed by atoms with E-state index in [4.69, 9.17) is 0 Å². The molecule has 2 heteroatoms. The highest BCUT2D eigenvalue weighted by Gasteiger charge is 2.17. The van der Waals surface area contributed by atoms with Crippen molar-refractivity contribution >= 4 is 0 Å². The summed E-state index contributed by atoms with van der Waals surface area (Å²) in [6.45, 7) is 21.5. The molecule has 2 atom stereocenters. The average Bonchev–Trinajstić information content (AvgIpc) is 2.60. The van der Waals surface area contributed by atoms with Crippen LogP contribution in [0.15, 0.2) is 24.9 Å². The Labute approximate surface area is 152 Å². The van der Waals surface area contributed by atoms with Gasteiger partial charge in [-0.15, -0.1) is 6.58 Å². The Morgan fingerprint density at radius 1 is 0.958 bits per heavy atom. The molecule has 0 aromatic rings. The largest absolute Gasteiger partial charge is 0.374 e. The van der Waals surface area contributed by atoms with Crippen LogP contribution in [-0.4, -0.2) is 31.1 Å². The van der Waals surface area contributed by atoms with E-state index in [1.165, 1.54) is 70.2 Å². The summed E-state index contributed by atoms with van der Waals surface area (Å²) < 4.78 is 0. The highest BCUT2D eigenvalue weighted by molar-refractivity contribution is 4.98. The summed E-state index contributed by atoms with van der Waals surface area (Å²) >= 11 is 0. The van der Waals surface area contributed by atoms with Crippen molar-refractivity contribution in [2.45, 2.75) is 79.1 Å². The molecule has 0 radical (unpaired) electrons. The second kappa shape index (κ2) is 15.7. The molecule has 0 saturated heterocycles. The first-order chi connectivity index (χ1) is 11.6. The molecule has 0 aliphatic carbocycles. The fourth-order valence-electron chi connectivity index (χ4n) is 3.22. The van der Waals surface area contributed by atoms with Gasteiger partial charge in [-0.1, -0.05) is 78.9 Å². The Bertz CT molecular complexity index is 293. The fraction of sp³-hybridized carbons (Fsp3) is 0.818. The topological polar surface area (TPSA) is 15.3 Å². The van der Waals surface area contributed by atoms with E-state index in [1.807, 2.05) is 6.08 Å². The smallest absolute Gasteiger partial charge is 0.0352 e. The van der Waals surface area contributed by atoms with Crippen molar-refractivity contribution in [3.63, 3.8) is 0 Å². The lowest BCUT2D eigenvalue weighted by molar-refractivity contribution is 0.219. The molecule has 0 aliphatic heterocycles. The van der Waals surface area contributed by atoms with Gasteiger partial charge < -0.3 is 10.2 Å². The van der Waals surface area contributed by atoms with Gasteiger partial charge in [0, 0.05) is 31.9 Å². The summed E-state index contributed by atoms with van der Waals surface area (Å²) in [6, 6.07) is 0. The second-order valence-corrected chi connectivity index (χ2v) is 7.22. The summed E-state index contributed by atoms with van der Waals surface area (Å²) in [5.74, 6) is 1.59. The summed E-state index contributed by atoms with van der Waals surface area (Å²) in [5.41, 5.74) is 1.25. The minimum Gasteiger partial charge on any atom is -0.374 e. The Hall–Kier alpha value is -0.760. The quantitative estimate of drug-likeness (QED) is 0.258. The maximum absolute atomic E-state index is 4.39. The molecule has 0 aromatic carbocycles. The Morgan fingerprint density at radius 3 is 1.83 bits per heavy atom. The molecule has 0 rings (SSSR count). The van der Waals surface area contributed by atoms with E-state index in [0.29, 0.717) is 0 Å². The van der Waals surface area contributed by atoms with Crippen molar-refractivity contribution in [1.29, 1.82) is 0 Å². The minimum atomic E-state index is 0.796. The number of unbranched alkanes of at least 4 members (excludes halogenated alkanes) is 2. The minimum absolute atomic E-state index is 0.796. The normalized spacial score (nSPS) is 13.5. The lowest BCUT2D eigenvalue weighted by Crippen LogP contribution is -2.36. The zero-order valence-corrected chi connectivity index (χ0v) is 17.1. The maximum atomic E-state index is 4.39. The lowest BCUT2D eigenvalue weighted by Gasteiger charge is -2.34. The molecule has 0 saturated carbocycles. The van der Waals surface area contributed by atoms with Gasteiger partial charge in [-0.3, -0.25) is 0 Å². The average molecular weight is 337 g/mol. The predicted molar refractivity (Wildman–Crippen MR) is 110 cm³/mol. The first-order valence-corrected chi connectivity index (χ1v) is 10.4. The molecule has 24 heavy (non-hydrogen) atoms. The van der Waals surface area contributed by atoms with E-state index in [9.17, 15) is 0 Å². The van der Waals surface area contributed by atoms with Crippen LogP contribution in [0.25, 0.3) is 0 Å². The molecule has 1 N–H and O–H groups in total. The highest BCUT2D eigenvalue weighted by atomic mass is 15.2. The Balaban J connectivity index is 4.77. The fourth-order valence-corrected chi connectivity index (χ4v) is 3.22. The monoisotopic (exact) mass is 336 g/mol. The van der Waals surface area contributed by atoms with E-state index in [1.54, 1.807) is 0 Å². The van der Waals surface area contributed by atoms with E-state index in [2.05, 4.69) is 51.1 Å². The van der Waals surface area contributed by atoms with E-state index in [0.717, 1.165) is 24.9 Å². The molecule has 2 unspecified atom stereocenters. The van der Waals surface area contributed by atoms with Crippen molar-refractivity contribution in [1.82, 2.24) is 10.2 Å². The summed E-state index contributed by atoms with van der Waals surface area (Å²) in [4.78, 5) is 2.59. The zero-order chi connectivity index (χ0) is 18.2. The van der Waals surface area contributed by atoms with Crippen LogP contribution in [0.1, 0.15) is 79.1 Å². The number of hydrogen-bond donors (Lipinski definition) is 1. The van der Waals surface area contributed by atoms with Crippen LogP contribution in [-0.2, 0) is 0 Å². The Kier molecular flexibility index (Phi) is 15.3. The van der Waals surface area contributed by atoms with Gasteiger partial charge in [0.05, 0.1) is 0 Å². The van der Waals surface area contributed by atoms with Crippen LogP contribution in [0.3, 0.4) is 0 Å². The molecular weight excluding hydrogens is 292 g/mol. The molecule has 0 amide bonds. The molecule has 142 valence electrons. The third-order valence-corrected chi connectivity index (χ3v) is 5.11. The van der Waals surface area contributed by atoms with Gasteiger partial charge in [0.15, 0.2) is 0 Å². The predicted octanol–water partition coefficient (Wildman–Crippen LogP) is 6.01. The molecule has 0 aliphatic rings. The molecule has 0 bridgehead atoms. The van der Waals surface area contributed by atoms with Gasteiger partial charge in [-0.25, -0.2) is 0 Å². The SMILES string of the molecule is C=CCNCC(=C)N(CC(CC)CCCC)CC(CC)CCCC. The first-order valence-electron chi connectivity index (χ1n) is 10.4. The van der Waals surface area contributed by atoms with Gasteiger partial charge in [-0.05, 0) is 24.7 Å². The van der Waals surface area contributed by atoms with Gasteiger partial charge in [0.25, 0.3) is 0 Å². The van der Waals surface area contributed by atoms with E-state index >= 15 is 0 Å². The maximum Gasteiger partial charge on any atom is 0.0352 e. The number of nitrogens with one attached hydrogen (secondary N) is 1. The molecule has 0 aromatic heterocycles. The van der Waals surface area contributed by atoms with Crippen molar-refractivity contribution in [2.75, 3.05) is 26.2 Å². The zero-order valence-electron chi connectivity index (χ0n) is 17.1. The van der Waals surface area contributed by atoms with Crippen molar-refractivity contribution in [3.05, 3.63) is 24.9 Å². The molecule has 0 heterocycles. The highest BCUT2D eigenvalue weighted by Crippen LogP contribution is 2.21. The number of rotatable bonds is 17. The van der Waals surface area contributed by atoms with Gasteiger partial charge in [0.1, 0.15) is 0 Å². The standard InChI is InChI=1S/C22H44N2/c1-7-12-14-21(10-4)18-24(20(6)17-23-16-9-3)19-22(11-5)15-13-8-2/h9,21-23H,3,6-8,10-19H2,1-2,4-5H3. The van der Waals surface area contributed by atoms with Crippen molar-refractivity contribution in [3.8, 4) is 0 Å². The van der Waals surface area contributed by atoms with Gasteiger partial charge in [0.2, 0.25) is 0 Å². The van der Waals surface area contributed by atoms with Crippen LogP contribution in [0.4, 0.5) is 0 Å². The third kappa shape index (κ3) is 10.9.